The molecule has 0 spiro atoms. The molecule has 0 atom stereocenters. The molecule has 0 aliphatic carbocycles. The summed E-state index contributed by atoms with van der Waals surface area (Å²) in [5.74, 6) is 1.36. The molecule has 0 saturated heterocycles. The summed E-state index contributed by atoms with van der Waals surface area (Å²) in [6.07, 6.45) is 1.94. The first kappa shape index (κ1) is 15.6. The smallest absolute Gasteiger partial charge is 0.191 e. The normalized spacial score (nSPS) is 10.5. The molecule has 21 heavy (non-hydrogen) atoms. The summed E-state index contributed by atoms with van der Waals surface area (Å²) in [6.45, 7) is 3.27. The van der Waals surface area contributed by atoms with Gasteiger partial charge in [-0.2, -0.15) is 0 Å². The van der Waals surface area contributed by atoms with E-state index in [2.05, 4.69) is 15.3 Å². The first-order valence-electron chi connectivity index (χ1n) is 6.75. The first-order chi connectivity index (χ1) is 10.1. The van der Waals surface area contributed by atoms with E-state index >= 15 is 0 Å². The number of hydrogen-bond acceptors (Lipinski definition) is 5. The Morgan fingerprint density at radius 2 is 2.05 bits per heavy atom. The molecule has 4 nitrogen and oxygen atoms in total. The van der Waals surface area contributed by atoms with Gasteiger partial charge in [0.05, 0.1) is 0 Å². The Balaban J connectivity index is 2.23. The number of nitrogens with zero attached hydrogens (tertiary/aromatic N) is 3. The molecule has 0 aliphatic heterocycles. The van der Waals surface area contributed by atoms with Gasteiger partial charge in [0.2, 0.25) is 0 Å². The largest absolute Gasteiger partial charge is 0.370 e. The van der Waals surface area contributed by atoms with Crippen LogP contribution in [-0.2, 0) is 6.54 Å². The number of benzene rings is 1. The molecule has 0 saturated carbocycles. The molecule has 1 heterocycles. The molecule has 2 rings (SSSR count). The van der Waals surface area contributed by atoms with E-state index in [1.165, 1.54) is 17.8 Å². The standard InChI is InChI=1S/C15H19FN4S/c1-4-17-13-9-14(19-15(18-13)21-3)20(2)10-11-7-5-6-8-12(11)16/h5-9H,4,10H2,1-3H3,(H,17,18,19). The van der Waals surface area contributed by atoms with E-state index in [0.717, 1.165) is 18.2 Å². The lowest BCUT2D eigenvalue weighted by Crippen LogP contribution is -2.19. The quantitative estimate of drug-likeness (QED) is 0.654. The predicted molar refractivity (Wildman–Crippen MR) is 86.5 cm³/mol. The zero-order valence-electron chi connectivity index (χ0n) is 12.4. The molecule has 2 aromatic rings. The van der Waals surface area contributed by atoms with Crippen molar-refractivity contribution in [3.8, 4) is 0 Å². The Labute approximate surface area is 128 Å². The Morgan fingerprint density at radius 3 is 2.71 bits per heavy atom. The minimum Gasteiger partial charge on any atom is -0.370 e. The highest BCUT2D eigenvalue weighted by molar-refractivity contribution is 7.98. The van der Waals surface area contributed by atoms with Gasteiger partial charge in [-0.3, -0.25) is 0 Å². The van der Waals surface area contributed by atoms with Gasteiger partial charge >= 0.3 is 0 Å². The molecule has 1 N–H and O–H groups in total. The summed E-state index contributed by atoms with van der Waals surface area (Å²) >= 11 is 1.49. The molecule has 0 amide bonds. The van der Waals surface area contributed by atoms with Crippen molar-refractivity contribution in [3.63, 3.8) is 0 Å². The van der Waals surface area contributed by atoms with Crippen LogP contribution in [0.1, 0.15) is 12.5 Å². The lowest BCUT2D eigenvalue weighted by Gasteiger charge is -2.20. The number of aromatic nitrogens is 2. The monoisotopic (exact) mass is 306 g/mol. The van der Waals surface area contributed by atoms with Gasteiger partial charge in [-0.25, -0.2) is 14.4 Å². The molecular weight excluding hydrogens is 287 g/mol. The van der Waals surface area contributed by atoms with Crippen LogP contribution in [0.15, 0.2) is 35.5 Å². The average Bonchev–Trinajstić information content (AvgIpc) is 2.49. The fourth-order valence-electron chi connectivity index (χ4n) is 1.93. The van der Waals surface area contributed by atoms with Crippen molar-refractivity contribution < 1.29 is 4.39 Å². The molecule has 0 unspecified atom stereocenters. The maximum Gasteiger partial charge on any atom is 0.191 e. The Bertz CT molecular complexity index is 606. The van der Waals surface area contributed by atoms with Crippen molar-refractivity contribution in [2.45, 2.75) is 18.6 Å². The maximum atomic E-state index is 13.7. The van der Waals surface area contributed by atoms with Crippen molar-refractivity contribution in [3.05, 3.63) is 41.7 Å². The molecule has 0 aliphatic rings. The summed E-state index contributed by atoms with van der Waals surface area (Å²) in [4.78, 5) is 10.8. The molecular formula is C15H19FN4S. The topological polar surface area (TPSA) is 41.0 Å². The molecule has 0 fully saturated rings. The van der Waals surface area contributed by atoms with Gasteiger partial charge in [-0.15, -0.1) is 0 Å². The van der Waals surface area contributed by atoms with Crippen molar-refractivity contribution in [2.24, 2.45) is 0 Å². The summed E-state index contributed by atoms with van der Waals surface area (Å²) < 4.78 is 13.7. The van der Waals surface area contributed by atoms with E-state index < -0.39 is 0 Å². The lowest BCUT2D eigenvalue weighted by atomic mass is 10.2. The van der Waals surface area contributed by atoms with Gasteiger partial charge in [0.15, 0.2) is 5.16 Å². The van der Waals surface area contributed by atoms with Crippen molar-refractivity contribution >= 4 is 23.4 Å². The Hall–Kier alpha value is -1.82. The number of thioether (sulfide) groups is 1. The fraction of sp³-hybridized carbons (Fsp3) is 0.333. The molecule has 0 radical (unpaired) electrons. The summed E-state index contributed by atoms with van der Waals surface area (Å²) in [6, 6.07) is 8.67. The molecule has 6 heteroatoms. The van der Waals surface area contributed by atoms with Crippen molar-refractivity contribution in [2.75, 3.05) is 30.1 Å². The lowest BCUT2D eigenvalue weighted by molar-refractivity contribution is 0.607. The summed E-state index contributed by atoms with van der Waals surface area (Å²) in [5, 5.41) is 3.89. The highest BCUT2D eigenvalue weighted by Gasteiger charge is 2.10. The van der Waals surface area contributed by atoms with Crippen LogP contribution in [-0.4, -0.2) is 29.8 Å². The van der Waals surface area contributed by atoms with Crippen LogP contribution in [0.5, 0.6) is 0 Å². The third-order valence-corrected chi connectivity index (χ3v) is 3.54. The average molecular weight is 306 g/mol. The van der Waals surface area contributed by atoms with Crippen LogP contribution in [0.2, 0.25) is 0 Å². The zero-order valence-corrected chi connectivity index (χ0v) is 13.2. The van der Waals surface area contributed by atoms with Gasteiger partial charge in [0.1, 0.15) is 17.5 Å². The summed E-state index contributed by atoms with van der Waals surface area (Å²) in [5.41, 5.74) is 0.648. The number of hydrogen-bond donors (Lipinski definition) is 1. The third-order valence-electron chi connectivity index (χ3n) is 2.99. The second-order valence-electron chi connectivity index (χ2n) is 4.58. The van der Waals surface area contributed by atoms with Crippen molar-refractivity contribution in [1.29, 1.82) is 0 Å². The minimum atomic E-state index is -0.199. The molecule has 0 bridgehead atoms. The molecule has 1 aromatic carbocycles. The number of rotatable bonds is 6. The van der Waals surface area contributed by atoms with Gasteiger partial charge in [-0.05, 0) is 19.2 Å². The van der Waals surface area contributed by atoms with Gasteiger partial charge in [0.25, 0.3) is 0 Å². The number of nitrogens with one attached hydrogen (secondary N) is 1. The maximum absolute atomic E-state index is 13.7. The van der Waals surface area contributed by atoms with E-state index in [-0.39, 0.29) is 5.82 Å². The van der Waals surface area contributed by atoms with E-state index in [0.29, 0.717) is 17.3 Å². The van der Waals surface area contributed by atoms with Crippen LogP contribution in [0.3, 0.4) is 0 Å². The van der Waals surface area contributed by atoms with Gasteiger partial charge < -0.3 is 10.2 Å². The van der Waals surface area contributed by atoms with E-state index in [1.807, 2.05) is 37.3 Å². The number of anilines is 2. The van der Waals surface area contributed by atoms with E-state index in [4.69, 9.17) is 0 Å². The van der Waals surface area contributed by atoms with Gasteiger partial charge in [-0.1, -0.05) is 30.0 Å². The van der Waals surface area contributed by atoms with E-state index in [1.54, 1.807) is 12.1 Å². The van der Waals surface area contributed by atoms with Crippen LogP contribution >= 0.6 is 11.8 Å². The Kier molecular flexibility index (Phi) is 5.38. The van der Waals surface area contributed by atoms with Crippen LogP contribution in [0, 0.1) is 5.82 Å². The third kappa shape index (κ3) is 4.07. The first-order valence-corrected chi connectivity index (χ1v) is 7.98. The van der Waals surface area contributed by atoms with Crippen LogP contribution in [0.25, 0.3) is 0 Å². The minimum absolute atomic E-state index is 0.199. The van der Waals surface area contributed by atoms with Crippen LogP contribution < -0.4 is 10.2 Å². The van der Waals surface area contributed by atoms with Crippen molar-refractivity contribution in [1.82, 2.24) is 9.97 Å². The number of halogens is 1. The zero-order chi connectivity index (χ0) is 15.2. The predicted octanol–water partition coefficient (Wildman–Crippen LogP) is 3.41. The SMILES string of the molecule is CCNc1cc(N(C)Cc2ccccc2F)nc(SC)n1. The second kappa shape index (κ2) is 7.26. The van der Waals surface area contributed by atoms with E-state index in [9.17, 15) is 4.39 Å². The highest BCUT2D eigenvalue weighted by atomic mass is 32.2. The molecule has 112 valence electrons. The fourth-order valence-corrected chi connectivity index (χ4v) is 2.31. The molecule has 1 aromatic heterocycles. The van der Waals surface area contributed by atoms with Gasteiger partial charge in [0, 0.05) is 31.8 Å². The Morgan fingerprint density at radius 1 is 1.29 bits per heavy atom. The second-order valence-corrected chi connectivity index (χ2v) is 5.35. The summed E-state index contributed by atoms with van der Waals surface area (Å²) in [7, 11) is 1.90. The van der Waals surface area contributed by atoms with Crippen LogP contribution in [0.4, 0.5) is 16.0 Å². The highest BCUT2D eigenvalue weighted by Crippen LogP contribution is 2.21.